The first-order valence-electron chi connectivity index (χ1n) is 7.91. The van der Waals surface area contributed by atoms with Crippen LogP contribution in [0, 0.1) is 13.8 Å². The molecule has 3 heterocycles. The Labute approximate surface area is 139 Å². The minimum absolute atomic E-state index is 0.136. The van der Waals surface area contributed by atoms with Crippen LogP contribution in [0.15, 0.2) is 35.0 Å². The molecule has 6 nitrogen and oxygen atoms in total. The van der Waals surface area contributed by atoms with Crippen molar-refractivity contribution in [2.24, 2.45) is 7.05 Å². The largest absolute Gasteiger partial charge is 0.354 e. The van der Waals surface area contributed by atoms with Crippen molar-refractivity contribution in [1.29, 1.82) is 0 Å². The van der Waals surface area contributed by atoms with Gasteiger partial charge < -0.3 is 9.42 Å². The maximum atomic E-state index is 12.8. The number of aryl methyl sites for hydroxylation is 3. The summed E-state index contributed by atoms with van der Waals surface area (Å²) in [6, 6.07) is 7.73. The van der Waals surface area contributed by atoms with Gasteiger partial charge in [-0.3, -0.25) is 9.48 Å². The molecule has 0 saturated carbocycles. The number of rotatable bonds is 2. The number of carbonyl (C=O) groups is 1. The lowest BCUT2D eigenvalue weighted by Gasteiger charge is -2.16. The van der Waals surface area contributed by atoms with Gasteiger partial charge in [-0.15, -0.1) is 0 Å². The lowest BCUT2D eigenvalue weighted by Crippen LogP contribution is -2.29. The first-order chi connectivity index (χ1) is 11.5. The zero-order valence-electron chi connectivity index (χ0n) is 13.9. The Balaban J connectivity index is 1.64. The van der Waals surface area contributed by atoms with Crippen molar-refractivity contribution in [1.82, 2.24) is 14.9 Å². The Morgan fingerprint density at radius 3 is 2.75 bits per heavy atom. The van der Waals surface area contributed by atoms with Crippen LogP contribution in [0.25, 0.3) is 11.5 Å². The van der Waals surface area contributed by atoms with Crippen molar-refractivity contribution in [2.75, 3.05) is 11.4 Å². The summed E-state index contributed by atoms with van der Waals surface area (Å²) in [4.78, 5) is 14.6. The van der Waals surface area contributed by atoms with Gasteiger partial charge in [0, 0.05) is 31.5 Å². The van der Waals surface area contributed by atoms with Crippen LogP contribution in [-0.4, -0.2) is 27.4 Å². The molecule has 122 valence electrons. The Hall–Kier alpha value is -2.89. The van der Waals surface area contributed by atoms with Crippen molar-refractivity contribution in [3.05, 3.63) is 52.8 Å². The average molecular weight is 322 g/mol. The fourth-order valence-corrected chi connectivity index (χ4v) is 3.06. The molecule has 0 fully saturated rings. The van der Waals surface area contributed by atoms with E-state index < -0.39 is 0 Å². The Kier molecular flexibility index (Phi) is 3.26. The van der Waals surface area contributed by atoms with E-state index in [0.717, 1.165) is 12.1 Å². The number of hydrogen-bond acceptors (Lipinski definition) is 4. The van der Waals surface area contributed by atoms with E-state index in [9.17, 15) is 4.79 Å². The summed E-state index contributed by atoms with van der Waals surface area (Å²) < 4.78 is 6.98. The van der Waals surface area contributed by atoms with Crippen LogP contribution in [0.3, 0.4) is 0 Å². The van der Waals surface area contributed by atoms with Crippen molar-refractivity contribution in [3.63, 3.8) is 0 Å². The van der Waals surface area contributed by atoms with E-state index in [2.05, 4.69) is 36.2 Å². The van der Waals surface area contributed by atoms with Crippen molar-refractivity contribution < 1.29 is 9.32 Å². The fraction of sp³-hybridized carbons (Fsp3) is 0.278. The number of anilines is 1. The summed E-state index contributed by atoms with van der Waals surface area (Å²) in [7, 11) is 1.83. The van der Waals surface area contributed by atoms with Gasteiger partial charge in [0.15, 0.2) is 11.5 Å². The second kappa shape index (κ2) is 5.33. The molecular formula is C18H18N4O2. The van der Waals surface area contributed by atoms with Gasteiger partial charge in [0.05, 0.1) is 0 Å². The van der Waals surface area contributed by atoms with Gasteiger partial charge in [0.2, 0.25) is 0 Å². The highest BCUT2D eigenvalue weighted by Crippen LogP contribution is 2.32. The minimum atomic E-state index is -0.136. The van der Waals surface area contributed by atoms with Crippen molar-refractivity contribution in [2.45, 2.75) is 20.3 Å². The third kappa shape index (κ3) is 2.31. The topological polar surface area (TPSA) is 64.2 Å². The summed E-state index contributed by atoms with van der Waals surface area (Å²) in [5.41, 5.74) is 5.59. The average Bonchev–Trinajstić information content (AvgIpc) is 3.26. The summed E-state index contributed by atoms with van der Waals surface area (Å²) in [5, 5.41) is 8.21. The van der Waals surface area contributed by atoms with Gasteiger partial charge in [-0.1, -0.05) is 11.2 Å². The molecule has 0 radical (unpaired) electrons. The zero-order valence-corrected chi connectivity index (χ0v) is 13.9. The number of fused-ring (bicyclic) bond motifs is 1. The molecule has 0 unspecified atom stereocenters. The SMILES string of the molecule is Cc1cc2c(cc1C)N(C(=O)c1cc(-c3ccn(C)n3)on1)CC2. The molecule has 24 heavy (non-hydrogen) atoms. The normalized spacial score (nSPS) is 13.4. The number of benzene rings is 1. The van der Waals surface area contributed by atoms with Crippen LogP contribution in [0.2, 0.25) is 0 Å². The predicted octanol–water partition coefficient (Wildman–Crippen LogP) is 2.89. The maximum Gasteiger partial charge on any atom is 0.280 e. The highest BCUT2D eigenvalue weighted by Gasteiger charge is 2.28. The first-order valence-corrected chi connectivity index (χ1v) is 7.91. The Morgan fingerprint density at radius 1 is 1.21 bits per heavy atom. The number of nitrogens with zero attached hydrogens (tertiary/aromatic N) is 4. The predicted molar refractivity (Wildman–Crippen MR) is 90.0 cm³/mol. The van der Waals surface area contributed by atoms with Crippen LogP contribution < -0.4 is 4.90 Å². The third-order valence-corrected chi connectivity index (χ3v) is 4.53. The highest BCUT2D eigenvalue weighted by molar-refractivity contribution is 6.06. The Bertz CT molecular complexity index is 938. The van der Waals surface area contributed by atoms with Gasteiger partial charge in [0.1, 0.15) is 5.69 Å². The molecule has 1 aliphatic heterocycles. The highest BCUT2D eigenvalue weighted by atomic mass is 16.5. The molecule has 0 bridgehead atoms. The number of amides is 1. The monoisotopic (exact) mass is 322 g/mol. The zero-order chi connectivity index (χ0) is 16.8. The molecular weight excluding hydrogens is 304 g/mol. The summed E-state index contributed by atoms with van der Waals surface area (Å²) in [6.45, 7) is 4.82. The van der Waals surface area contributed by atoms with Crippen molar-refractivity contribution in [3.8, 4) is 11.5 Å². The molecule has 4 rings (SSSR count). The summed E-state index contributed by atoms with van der Waals surface area (Å²) >= 11 is 0. The molecule has 1 aromatic carbocycles. The maximum absolute atomic E-state index is 12.8. The molecule has 0 atom stereocenters. The standard InChI is InChI=1S/C18H18N4O2/c1-11-8-13-4-7-22(16(13)9-12(11)2)18(23)15-10-17(24-20-15)14-5-6-21(3)19-14/h5-6,8-10H,4,7H2,1-3H3. The van der Waals surface area contributed by atoms with Crippen LogP contribution >= 0.6 is 0 Å². The van der Waals surface area contributed by atoms with Crippen molar-refractivity contribution >= 4 is 11.6 Å². The van der Waals surface area contributed by atoms with E-state index in [-0.39, 0.29) is 5.91 Å². The van der Waals surface area contributed by atoms with Crippen LogP contribution in [0.5, 0.6) is 0 Å². The van der Waals surface area contributed by atoms with Crippen LogP contribution in [-0.2, 0) is 13.5 Å². The van der Waals surface area contributed by atoms with E-state index in [1.165, 1.54) is 16.7 Å². The third-order valence-electron chi connectivity index (χ3n) is 4.53. The molecule has 0 saturated heterocycles. The molecule has 2 aromatic heterocycles. The number of carbonyl (C=O) groups excluding carboxylic acids is 1. The molecule has 0 N–H and O–H groups in total. The first kappa shape index (κ1) is 14.7. The number of aromatic nitrogens is 3. The van der Waals surface area contributed by atoms with Gasteiger partial charge in [-0.25, -0.2) is 0 Å². The number of hydrogen-bond donors (Lipinski definition) is 0. The minimum Gasteiger partial charge on any atom is -0.354 e. The fourth-order valence-electron chi connectivity index (χ4n) is 3.06. The van der Waals surface area contributed by atoms with Gasteiger partial charge >= 0.3 is 0 Å². The van der Waals surface area contributed by atoms with Gasteiger partial charge in [-0.2, -0.15) is 5.10 Å². The van der Waals surface area contributed by atoms with Gasteiger partial charge in [-0.05, 0) is 49.1 Å². The van der Waals surface area contributed by atoms with E-state index in [4.69, 9.17) is 4.52 Å². The second-order valence-electron chi connectivity index (χ2n) is 6.22. The Morgan fingerprint density at radius 2 is 2.00 bits per heavy atom. The van der Waals surface area contributed by atoms with Gasteiger partial charge in [0.25, 0.3) is 5.91 Å². The summed E-state index contributed by atoms with van der Waals surface area (Å²) in [6.07, 6.45) is 2.69. The molecule has 3 aromatic rings. The van der Waals surface area contributed by atoms with E-state index in [1.807, 2.05) is 19.3 Å². The van der Waals surface area contributed by atoms with E-state index >= 15 is 0 Å². The van der Waals surface area contributed by atoms with E-state index in [1.54, 1.807) is 15.6 Å². The molecule has 0 aliphatic carbocycles. The lowest BCUT2D eigenvalue weighted by atomic mass is 10.0. The van der Waals surface area contributed by atoms with Crippen LogP contribution in [0.4, 0.5) is 5.69 Å². The molecule has 1 aliphatic rings. The summed E-state index contributed by atoms with van der Waals surface area (Å²) in [5.74, 6) is 0.362. The molecule has 1 amide bonds. The van der Waals surface area contributed by atoms with Crippen LogP contribution in [0.1, 0.15) is 27.2 Å². The van der Waals surface area contributed by atoms with E-state index in [0.29, 0.717) is 23.7 Å². The molecule has 6 heteroatoms. The second-order valence-corrected chi connectivity index (χ2v) is 6.22. The lowest BCUT2D eigenvalue weighted by molar-refractivity contribution is 0.0981. The smallest absolute Gasteiger partial charge is 0.280 e. The quantitative estimate of drug-likeness (QED) is 0.728. The molecule has 0 spiro atoms.